The lowest BCUT2D eigenvalue weighted by Gasteiger charge is -2.33. The standard InChI is InChI=1S/C21H25N3O5/c1-14-9-11-21(12-10-14)19(27)24(20(28)22-21)23-17(25)13-29-18(26)8-7-16-6-4-3-5-15(16)2/h3-8,14H,9-13H2,1-2H3,(H,22,28)(H,23,25)/b8-7+. The molecule has 1 aromatic carbocycles. The summed E-state index contributed by atoms with van der Waals surface area (Å²) in [5, 5.41) is 3.40. The van der Waals surface area contributed by atoms with Crippen LogP contribution in [0.2, 0.25) is 0 Å². The van der Waals surface area contributed by atoms with Gasteiger partial charge in [0.15, 0.2) is 6.61 Å². The van der Waals surface area contributed by atoms with Gasteiger partial charge in [-0.05, 0) is 55.7 Å². The number of carbonyl (C=O) groups excluding carboxylic acids is 4. The Labute approximate surface area is 169 Å². The monoisotopic (exact) mass is 399 g/mol. The zero-order chi connectivity index (χ0) is 21.0. The number of rotatable bonds is 5. The summed E-state index contributed by atoms with van der Waals surface area (Å²) in [7, 11) is 0. The van der Waals surface area contributed by atoms with E-state index in [1.54, 1.807) is 6.08 Å². The lowest BCUT2D eigenvalue weighted by Crippen LogP contribution is -2.52. The van der Waals surface area contributed by atoms with Gasteiger partial charge in [0.25, 0.3) is 11.8 Å². The number of esters is 1. The molecule has 0 unspecified atom stereocenters. The van der Waals surface area contributed by atoms with Gasteiger partial charge in [-0.15, -0.1) is 0 Å². The summed E-state index contributed by atoms with van der Waals surface area (Å²) in [5.41, 5.74) is 3.15. The van der Waals surface area contributed by atoms with Crippen LogP contribution in [0.4, 0.5) is 4.79 Å². The fourth-order valence-electron chi connectivity index (χ4n) is 3.59. The molecular formula is C21H25N3O5. The maximum atomic E-state index is 12.7. The normalized spacial score (nSPS) is 24.1. The second kappa shape index (κ2) is 8.46. The van der Waals surface area contributed by atoms with Crippen LogP contribution in [0.1, 0.15) is 43.7 Å². The summed E-state index contributed by atoms with van der Waals surface area (Å²) in [6, 6.07) is 6.84. The molecule has 1 aliphatic carbocycles. The summed E-state index contributed by atoms with van der Waals surface area (Å²) < 4.78 is 4.89. The molecule has 2 fully saturated rings. The van der Waals surface area contributed by atoms with Crippen LogP contribution < -0.4 is 10.7 Å². The Balaban J connectivity index is 1.50. The smallest absolute Gasteiger partial charge is 0.344 e. The molecule has 1 heterocycles. The average Bonchev–Trinajstić information content (AvgIpc) is 2.92. The van der Waals surface area contributed by atoms with Crippen molar-refractivity contribution >= 4 is 29.9 Å². The van der Waals surface area contributed by atoms with Crippen molar-refractivity contribution in [2.24, 2.45) is 5.92 Å². The van der Waals surface area contributed by atoms with Crippen molar-refractivity contribution in [3.05, 3.63) is 41.5 Å². The summed E-state index contributed by atoms with van der Waals surface area (Å²) in [4.78, 5) is 48.7. The van der Waals surface area contributed by atoms with Gasteiger partial charge in [0.2, 0.25) is 0 Å². The van der Waals surface area contributed by atoms with Gasteiger partial charge in [-0.2, -0.15) is 5.01 Å². The molecule has 1 saturated carbocycles. The second-order valence-corrected chi connectivity index (χ2v) is 7.67. The van der Waals surface area contributed by atoms with E-state index in [-0.39, 0.29) is 0 Å². The van der Waals surface area contributed by atoms with Gasteiger partial charge in [-0.1, -0.05) is 31.2 Å². The van der Waals surface area contributed by atoms with E-state index in [4.69, 9.17) is 4.74 Å². The molecule has 1 spiro atoms. The number of benzene rings is 1. The molecule has 2 N–H and O–H groups in total. The van der Waals surface area contributed by atoms with Crippen molar-refractivity contribution in [3.63, 3.8) is 0 Å². The molecule has 0 radical (unpaired) electrons. The van der Waals surface area contributed by atoms with E-state index in [2.05, 4.69) is 17.7 Å². The predicted octanol–water partition coefficient (Wildman–Crippen LogP) is 2.08. The molecule has 8 heteroatoms. The van der Waals surface area contributed by atoms with Gasteiger partial charge < -0.3 is 10.1 Å². The number of nitrogens with zero attached hydrogens (tertiary/aromatic N) is 1. The summed E-state index contributed by atoms with van der Waals surface area (Å²) in [6.07, 6.45) is 5.58. The van der Waals surface area contributed by atoms with Crippen LogP contribution in [0.5, 0.6) is 0 Å². The fourth-order valence-corrected chi connectivity index (χ4v) is 3.59. The number of urea groups is 1. The number of aryl methyl sites for hydroxylation is 1. The highest BCUT2D eigenvalue weighted by Gasteiger charge is 2.52. The predicted molar refractivity (Wildman–Crippen MR) is 105 cm³/mol. The molecule has 0 bridgehead atoms. The molecule has 1 aromatic rings. The fraction of sp³-hybridized carbons (Fsp3) is 0.429. The average molecular weight is 399 g/mol. The summed E-state index contributed by atoms with van der Waals surface area (Å²) in [6.45, 7) is 3.42. The van der Waals surface area contributed by atoms with Crippen molar-refractivity contribution in [1.82, 2.24) is 15.8 Å². The third kappa shape index (κ3) is 4.64. The molecule has 3 rings (SSSR count). The number of amides is 4. The van der Waals surface area contributed by atoms with E-state index >= 15 is 0 Å². The van der Waals surface area contributed by atoms with Crippen molar-refractivity contribution in [2.75, 3.05) is 6.61 Å². The first-order valence-electron chi connectivity index (χ1n) is 9.67. The number of hydrazine groups is 1. The molecule has 0 atom stereocenters. The zero-order valence-corrected chi connectivity index (χ0v) is 16.6. The first-order chi connectivity index (χ1) is 13.8. The van der Waals surface area contributed by atoms with E-state index in [0.29, 0.717) is 23.8 Å². The van der Waals surface area contributed by atoms with Gasteiger partial charge in [0.05, 0.1) is 0 Å². The number of hydrogen-bond acceptors (Lipinski definition) is 5. The summed E-state index contributed by atoms with van der Waals surface area (Å²) in [5.74, 6) is -1.42. The van der Waals surface area contributed by atoms with Crippen LogP contribution in [0, 0.1) is 12.8 Å². The molecule has 154 valence electrons. The zero-order valence-electron chi connectivity index (χ0n) is 16.6. The van der Waals surface area contributed by atoms with Crippen LogP contribution in [-0.2, 0) is 19.1 Å². The molecule has 1 saturated heterocycles. The Hall–Kier alpha value is -3.16. The Kier molecular flexibility index (Phi) is 6.00. The van der Waals surface area contributed by atoms with Crippen molar-refractivity contribution < 1.29 is 23.9 Å². The minimum absolute atomic E-state index is 0.464. The van der Waals surface area contributed by atoms with Gasteiger partial charge >= 0.3 is 12.0 Å². The quantitative estimate of drug-likeness (QED) is 0.448. The maximum absolute atomic E-state index is 12.7. The van der Waals surface area contributed by atoms with Crippen molar-refractivity contribution in [2.45, 2.75) is 45.1 Å². The minimum Gasteiger partial charge on any atom is -0.452 e. The van der Waals surface area contributed by atoms with Gasteiger partial charge in [0.1, 0.15) is 5.54 Å². The van der Waals surface area contributed by atoms with Crippen LogP contribution in [0.3, 0.4) is 0 Å². The highest BCUT2D eigenvalue weighted by molar-refractivity contribution is 6.08. The highest BCUT2D eigenvalue weighted by atomic mass is 16.5. The third-order valence-electron chi connectivity index (χ3n) is 5.46. The van der Waals surface area contributed by atoms with Crippen LogP contribution in [-0.4, -0.2) is 41.0 Å². The van der Waals surface area contributed by atoms with E-state index in [1.807, 2.05) is 31.2 Å². The minimum atomic E-state index is -0.941. The topological polar surface area (TPSA) is 105 Å². The van der Waals surface area contributed by atoms with E-state index in [9.17, 15) is 19.2 Å². The molecule has 29 heavy (non-hydrogen) atoms. The Bertz CT molecular complexity index is 856. The van der Waals surface area contributed by atoms with Crippen LogP contribution >= 0.6 is 0 Å². The Morgan fingerprint density at radius 2 is 1.97 bits per heavy atom. The number of hydrogen-bond donors (Lipinski definition) is 2. The highest BCUT2D eigenvalue weighted by Crippen LogP contribution is 2.35. The number of imide groups is 1. The van der Waals surface area contributed by atoms with Crippen molar-refractivity contribution in [1.29, 1.82) is 0 Å². The lowest BCUT2D eigenvalue weighted by molar-refractivity contribution is -0.147. The third-order valence-corrected chi connectivity index (χ3v) is 5.46. The van der Waals surface area contributed by atoms with Crippen LogP contribution in [0.25, 0.3) is 6.08 Å². The summed E-state index contributed by atoms with van der Waals surface area (Å²) >= 11 is 0. The molecule has 4 amide bonds. The van der Waals surface area contributed by atoms with Crippen LogP contribution in [0.15, 0.2) is 30.3 Å². The SMILES string of the molecule is Cc1ccccc1/C=C/C(=O)OCC(=O)NN1C(=O)NC2(CCC(C)CC2)C1=O. The molecule has 8 nitrogen and oxygen atoms in total. The maximum Gasteiger partial charge on any atom is 0.344 e. The first kappa shape index (κ1) is 20.6. The number of nitrogens with one attached hydrogen (secondary N) is 2. The van der Waals surface area contributed by atoms with Gasteiger partial charge in [0, 0.05) is 6.08 Å². The van der Waals surface area contributed by atoms with Gasteiger partial charge in [-0.3, -0.25) is 15.0 Å². The molecule has 1 aliphatic heterocycles. The van der Waals surface area contributed by atoms with E-state index in [0.717, 1.165) is 24.0 Å². The van der Waals surface area contributed by atoms with E-state index in [1.165, 1.54) is 6.08 Å². The molecule has 0 aromatic heterocycles. The number of carbonyl (C=O) groups is 4. The Morgan fingerprint density at radius 3 is 2.66 bits per heavy atom. The Morgan fingerprint density at radius 1 is 1.28 bits per heavy atom. The van der Waals surface area contributed by atoms with Gasteiger partial charge in [-0.25, -0.2) is 9.59 Å². The van der Waals surface area contributed by atoms with Crippen molar-refractivity contribution in [3.8, 4) is 0 Å². The first-order valence-corrected chi connectivity index (χ1v) is 9.67. The largest absolute Gasteiger partial charge is 0.452 e. The number of ether oxygens (including phenoxy) is 1. The molecular weight excluding hydrogens is 374 g/mol. The molecule has 2 aliphatic rings. The lowest BCUT2D eigenvalue weighted by atomic mass is 9.77. The van der Waals surface area contributed by atoms with E-state index < -0.39 is 36.0 Å². The second-order valence-electron chi connectivity index (χ2n) is 7.67.